The molecular weight excluding hydrogens is 218 g/mol. The molecule has 1 heterocycles. The number of anilines is 1. The maximum absolute atomic E-state index is 11.1. The number of carboxylic acid groups (broad SMARTS) is 1. The Morgan fingerprint density at radius 3 is 2.71 bits per heavy atom. The molecule has 0 spiro atoms. The summed E-state index contributed by atoms with van der Waals surface area (Å²) in [5.41, 5.74) is 0.596. The molecule has 0 aliphatic heterocycles. The topological polar surface area (TPSA) is 75.1 Å². The highest BCUT2D eigenvalue weighted by molar-refractivity contribution is 5.91. The third-order valence-electron chi connectivity index (χ3n) is 2.98. The van der Waals surface area contributed by atoms with Crippen molar-refractivity contribution in [2.45, 2.75) is 39.2 Å². The minimum atomic E-state index is -1.01. The van der Waals surface area contributed by atoms with Crippen LogP contribution in [0.1, 0.15) is 49.4 Å². The third kappa shape index (κ3) is 2.54. The van der Waals surface area contributed by atoms with Crippen LogP contribution in [-0.2, 0) is 0 Å². The van der Waals surface area contributed by atoms with Crippen molar-refractivity contribution in [3.05, 3.63) is 17.7 Å². The molecular formula is C12H17N3O2. The van der Waals surface area contributed by atoms with E-state index in [0.717, 1.165) is 6.42 Å². The number of aromatic nitrogens is 2. The summed E-state index contributed by atoms with van der Waals surface area (Å²) in [6.45, 7) is 6.01. The molecule has 0 saturated heterocycles. The molecule has 2 rings (SSSR count). The Labute approximate surface area is 100 Å². The van der Waals surface area contributed by atoms with Crippen LogP contribution in [-0.4, -0.2) is 27.1 Å². The lowest BCUT2D eigenvalue weighted by Crippen LogP contribution is -2.14. The first-order chi connectivity index (χ1) is 7.99. The Bertz CT molecular complexity index is 445. The first-order valence-electron chi connectivity index (χ1n) is 5.85. The number of hydrogen-bond donors (Lipinski definition) is 2. The first-order valence-corrected chi connectivity index (χ1v) is 5.85. The molecule has 17 heavy (non-hydrogen) atoms. The molecule has 2 N–H and O–H groups in total. The summed E-state index contributed by atoms with van der Waals surface area (Å²) in [4.78, 5) is 19.4. The Kier molecular flexibility index (Phi) is 3.00. The molecule has 2 unspecified atom stereocenters. The van der Waals surface area contributed by atoms with Gasteiger partial charge in [-0.05, 0) is 12.3 Å². The van der Waals surface area contributed by atoms with Crippen LogP contribution in [0.2, 0.25) is 0 Å². The molecule has 1 aliphatic carbocycles. The van der Waals surface area contributed by atoms with Crippen molar-refractivity contribution in [1.29, 1.82) is 0 Å². The van der Waals surface area contributed by atoms with Crippen LogP contribution in [0.5, 0.6) is 0 Å². The zero-order chi connectivity index (χ0) is 12.6. The van der Waals surface area contributed by atoms with Crippen molar-refractivity contribution in [3.8, 4) is 0 Å². The van der Waals surface area contributed by atoms with Crippen LogP contribution in [0.25, 0.3) is 0 Å². The summed E-state index contributed by atoms with van der Waals surface area (Å²) >= 11 is 0. The Morgan fingerprint density at radius 1 is 1.59 bits per heavy atom. The average molecular weight is 235 g/mol. The lowest BCUT2D eigenvalue weighted by Gasteiger charge is -2.10. The van der Waals surface area contributed by atoms with E-state index >= 15 is 0 Å². The largest absolute Gasteiger partial charge is 0.476 e. The second kappa shape index (κ2) is 4.31. The van der Waals surface area contributed by atoms with E-state index in [0.29, 0.717) is 23.5 Å². The minimum absolute atomic E-state index is 0.0720. The summed E-state index contributed by atoms with van der Waals surface area (Å²) in [7, 11) is 0. The molecule has 1 aliphatic rings. The van der Waals surface area contributed by atoms with Gasteiger partial charge in [0.1, 0.15) is 5.82 Å². The number of carboxylic acids is 1. The lowest BCUT2D eigenvalue weighted by atomic mass is 10.2. The summed E-state index contributed by atoms with van der Waals surface area (Å²) in [6.07, 6.45) is 2.65. The first kappa shape index (κ1) is 11.8. The monoisotopic (exact) mass is 235 g/mol. The van der Waals surface area contributed by atoms with E-state index < -0.39 is 5.97 Å². The zero-order valence-corrected chi connectivity index (χ0v) is 10.3. The molecule has 2 atom stereocenters. The highest BCUT2D eigenvalue weighted by Gasteiger charge is 2.33. The maximum Gasteiger partial charge on any atom is 0.356 e. The third-order valence-corrected chi connectivity index (χ3v) is 2.98. The van der Waals surface area contributed by atoms with Gasteiger partial charge in [0, 0.05) is 12.0 Å². The van der Waals surface area contributed by atoms with Crippen LogP contribution in [0, 0.1) is 5.92 Å². The van der Waals surface area contributed by atoms with Crippen molar-refractivity contribution >= 4 is 11.7 Å². The maximum atomic E-state index is 11.1. The van der Waals surface area contributed by atoms with E-state index in [1.165, 1.54) is 0 Å². The fraction of sp³-hybridized carbons (Fsp3) is 0.583. The fourth-order valence-corrected chi connectivity index (χ4v) is 1.67. The minimum Gasteiger partial charge on any atom is -0.476 e. The standard InChI is InChI=1S/C12H17N3O2/c1-6(2)11-13-5-9(10(15-11)12(16)17)14-8-4-7(8)3/h5-8,14H,4H2,1-3H3,(H,16,17). The highest BCUT2D eigenvalue weighted by atomic mass is 16.4. The molecule has 0 amide bonds. The molecule has 0 radical (unpaired) electrons. The van der Waals surface area contributed by atoms with Gasteiger partial charge in [-0.15, -0.1) is 0 Å². The summed E-state index contributed by atoms with van der Waals surface area (Å²) in [5, 5.41) is 12.3. The van der Waals surface area contributed by atoms with E-state index in [2.05, 4.69) is 22.2 Å². The van der Waals surface area contributed by atoms with Crippen LogP contribution in [0.15, 0.2) is 6.20 Å². The van der Waals surface area contributed by atoms with Crippen molar-refractivity contribution in [2.24, 2.45) is 5.92 Å². The van der Waals surface area contributed by atoms with Gasteiger partial charge in [0.05, 0.1) is 11.9 Å². The Hall–Kier alpha value is -1.65. The smallest absolute Gasteiger partial charge is 0.356 e. The Morgan fingerprint density at radius 2 is 2.24 bits per heavy atom. The summed E-state index contributed by atoms with van der Waals surface area (Å²) in [5.74, 6) is 0.283. The zero-order valence-electron chi connectivity index (χ0n) is 10.3. The van der Waals surface area contributed by atoms with Gasteiger partial charge >= 0.3 is 5.97 Å². The average Bonchev–Trinajstić information content (AvgIpc) is 2.94. The lowest BCUT2D eigenvalue weighted by molar-refractivity contribution is 0.0691. The number of rotatable bonds is 4. The van der Waals surface area contributed by atoms with Crippen LogP contribution in [0.4, 0.5) is 5.69 Å². The van der Waals surface area contributed by atoms with E-state index in [1.807, 2.05) is 13.8 Å². The second-order valence-electron chi connectivity index (χ2n) is 4.91. The van der Waals surface area contributed by atoms with Gasteiger partial charge in [-0.1, -0.05) is 20.8 Å². The highest BCUT2D eigenvalue weighted by Crippen LogP contribution is 2.33. The quantitative estimate of drug-likeness (QED) is 0.836. The van der Waals surface area contributed by atoms with Gasteiger partial charge in [0.25, 0.3) is 0 Å². The van der Waals surface area contributed by atoms with E-state index in [-0.39, 0.29) is 11.6 Å². The van der Waals surface area contributed by atoms with Crippen LogP contribution < -0.4 is 5.32 Å². The van der Waals surface area contributed by atoms with Gasteiger partial charge in [0.2, 0.25) is 0 Å². The summed E-state index contributed by atoms with van der Waals surface area (Å²) in [6, 6.07) is 0.363. The van der Waals surface area contributed by atoms with Gasteiger partial charge in [0.15, 0.2) is 5.69 Å². The fourth-order valence-electron chi connectivity index (χ4n) is 1.67. The van der Waals surface area contributed by atoms with Crippen molar-refractivity contribution in [1.82, 2.24) is 9.97 Å². The number of aromatic carboxylic acids is 1. The molecule has 1 aromatic rings. The summed E-state index contributed by atoms with van der Waals surface area (Å²) < 4.78 is 0. The number of nitrogens with one attached hydrogen (secondary N) is 1. The van der Waals surface area contributed by atoms with Crippen molar-refractivity contribution < 1.29 is 9.90 Å². The molecule has 0 aromatic carbocycles. The molecule has 1 fully saturated rings. The van der Waals surface area contributed by atoms with E-state index in [9.17, 15) is 4.79 Å². The Balaban J connectivity index is 2.27. The normalized spacial score (nSPS) is 22.6. The SMILES string of the molecule is CC(C)c1ncc(NC2CC2C)c(C(=O)O)n1. The number of hydrogen-bond acceptors (Lipinski definition) is 4. The predicted molar refractivity (Wildman–Crippen MR) is 64.3 cm³/mol. The predicted octanol–water partition coefficient (Wildman–Crippen LogP) is 2.12. The molecule has 0 bridgehead atoms. The van der Waals surface area contributed by atoms with E-state index in [1.54, 1.807) is 6.20 Å². The second-order valence-corrected chi connectivity index (χ2v) is 4.91. The van der Waals surface area contributed by atoms with Gasteiger partial charge in [-0.2, -0.15) is 0 Å². The molecule has 92 valence electrons. The molecule has 5 nitrogen and oxygen atoms in total. The van der Waals surface area contributed by atoms with Crippen LogP contribution in [0.3, 0.4) is 0 Å². The molecule has 5 heteroatoms. The van der Waals surface area contributed by atoms with Gasteiger partial charge in [-0.3, -0.25) is 0 Å². The molecule has 1 aromatic heterocycles. The van der Waals surface area contributed by atoms with E-state index in [4.69, 9.17) is 5.11 Å². The van der Waals surface area contributed by atoms with Crippen molar-refractivity contribution in [2.75, 3.05) is 5.32 Å². The van der Waals surface area contributed by atoms with Gasteiger partial charge in [-0.25, -0.2) is 14.8 Å². The molecule has 1 saturated carbocycles. The van der Waals surface area contributed by atoms with Crippen molar-refractivity contribution in [3.63, 3.8) is 0 Å². The van der Waals surface area contributed by atoms with Gasteiger partial charge < -0.3 is 10.4 Å². The van der Waals surface area contributed by atoms with Crippen LogP contribution >= 0.6 is 0 Å². The number of nitrogens with zero attached hydrogens (tertiary/aromatic N) is 2. The number of carbonyl (C=O) groups is 1.